The summed E-state index contributed by atoms with van der Waals surface area (Å²) < 4.78 is 16.9. The molecule has 1 aromatic carbocycles. The van der Waals surface area contributed by atoms with E-state index >= 15 is 4.39 Å². The molecule has 0 spiro atoms. The first-order valence-electron chi connectivity index (χ1n) is 10.2. The Hall–Kier alpha value is -2.67. The molecule has 0 aliphatic carbocycles. The molecule has 3 aromatic rings. The molecule has 0 atom stereocenters. The number of likely N-dealkylation sites (tertiary alicyclic amines) is 1. The number of aromatic nitrogens is 4. The van der Waals surface area contributed by atoms with Crippen LogP contribution in [0.5, 0.6) is 0 Å². The molecule has 152 valence electrons. The number of fused-ring (bicyclic) bond motifs is 1. The third-order valence-electron chi connectivity index (χ3n) is 5.71. The van der Waals surface area contributed by atoms with Crippen LogP contribution in [-0.2, 0) is 18.3 Å². The van der Waals surface area contributed by atoms with Gasteiger partial charge in [0.05, 0.1) is 12.6 Å². The predicted octanol–water partition coefficient (Wildman–Crippen LogP) is 3.36. The van der Waals surface area contributed by atoms with Gasteiger partial charge in [0.2, 0.25) is 0 Å². The highest BCUT2D eigenvalue weighted by molar-refractivity contribution is 5.91. The van der Waals surface area contributed by atoms with Gasteiger partial charge in [-0.1, -0.05) is 24.3 Å². The van der Waals surface area contributed by atoms with Gasteiger partial charge in [-0.15, -0.1) is 5.10 Å². The molecule has 7 heteroatoms. The number of alkyl halides is 1. The van der Waals surface area contributed by atoms with Crippen molar-refractivity contribution in [1.29, 1.82) is 0 Å². The molecule has 1 aliphatic rings. The van der Waals surface area contributed by atoms with Gasteiger partial charge < -0.3 is 4.90 Å². The number of piperidine rings is 1. The first kappa shape index (κ1) is 19.6. The Morgan fingerprint density at radius 1 is 1.21 bits per heavy atom. The van der Waals surface area contributed by atoms with Crippen molar-refractivity contribution in [2.75, 3.05) is 19.6 Å². The quantitative estimate of drug-likeness (QED) is 0.640. The van der Waals surface area contributed by atoms with Crippen LogP contribution >= 0.6 is 0 Å². The lowest BCUT2D eigenvalue weighted by Gasteiger charge is -2.35. The number of nitrogens with zero attached hydrogens (tertiary/aromatic N) is 5. The van der Waals surface area contributed by atoms with Gasteiger partial charge in [0.15, 0.2) is 11.5 Å². The van der Waals surface area contributed by atoms with Crippen LogP contribution in [0, 0.1) is 0 Å². The third-order valence-corrected chi connectivity index (χ3v) is 5.71. The summed E-state index contributed by atoms with van der Waals surface area (Å²) in [6.45, 7) is 4.36. The summed E-state index contributed by atoms with van der Waals surface area (Å²) >= 11 is 0. The number of halogens is 1. The van der Waals surface area contributed by atoms with Crippen molar-refractivity contribution in [2.45, 2.75) is 38.3 Å². The van der Waals surface area contributed by atoms with Crippen LogP contribution in [-0.4, -0.2) is 56.0 Å². The second kappa shape index (κ2) is 7.99. The first-order valence-corrected chi connectivity index (χ1v) is 10.2. The predicted molar refractivity (Wildman–Crippen MR) is 110 cm³/mol. The van der Waals surface area contributed by atoms with E-state index in [1.807, 2.05) is 37.5 Å². The number of pyridine rings is 1. The van der Waals surface area contributed by atoms with Gasteiger partial charge in [-0.3, -0.25) is 14.5 Å². The molecular formula is C22H26FN5O. The van der Waals surface area contributed by atoms with Gasteiger partial charge >= 0.3 is 0 Å². The van der Waals surface area contributed by atoms with Crippen LogP contribution in [0.2, 0.25) is 0 Å². The second-order valence-corrected chi connectivity index (χ2v) is 7.92. The summed E-state index contributed by atoms with van der Waals surface area (Å²) in [5.41, 5.74) is 0.596. The summed E-state index contributed by atoms with van der Waals surface area (Å²) in [7, 11) is 1.82. The molecule has 6 nitrogen and oxygen atoms in total. The van der Waals surface area contributed by atoms with Crippen LogP contribution in [0.4, 0.5) is 4.39 Å². The van der Waals surface area contributed by atoms with Crippen molar-refractivity contribution in [2.24, 2.45) is 7.05 Å². The zero-order valence-electron chi connectivity index (χ0n) is 16.9. The van der Waals surface area contributed by atoms with Gasteiger partial charge in [-0.2, -0.15) is 0 Å². The Balaban J connectivity index is 1.51. The smallest absolute Gasteiger partial charge is 0.175 e. The molecule has 29 heavy (non-hydrogen) atoms. The van der Waals surface area contributed by atoms with E-state index in [2.05, 4.69) is 27.1 Å². The van der Waals surface area contributed by atoms with E-state index in [1.165, 1.54) is 0 Å². The van der Waals surface area contributed by atoms with E-state index in [0.29, 0.717) is 18.8 Å². The van der Waals surface area contributed by atoms with Gasteiger partial charge in [0.25, 0.3) is 0 Å². The number of Topliss-reactive ketones (excluding diaryl/α,β-unsaturated/α-hetero) is 1. The molecular weight excluding hydrogens is 369 g/mol. The monoisotopic (exact) mass is 395 g/mol. The highest BCUT2D eigenvalue weighted by Crippen LogP contribution is 2.29. The molecule has 1 aliphatic heterocycles. The van der Waals surface area contributed by atoms with Crippen LogP contribution in [0.25, 0.3) is 22.0 Å². The van der Waals surface area contributed by atoms with E-state index in [1.54, 1.807) is 10.9 Å². The fourth-order valence-corrected chi connectivity index (χ4v) is 3.97. The lowest BCUT2D eigenvalue weighted by molar-refractivity contribution is -0.133. The lowest BCUT2D eigenvalue weighted by atomic mass is 9.86. The molecule has 4 rings (SSSR count). The Morgan fingerprint density at radius 3 is 2.69 bits per heavy atom. The van der Waals surface area contributed by atoms with E-state index in [4.69, 9.17) is 0 Å². The minimum absolute atomic E-state index is 0.0234. The van der Waals surface area contributed by atoms with Gasteiger partial charge in [-0.25, -0.2) is 4.39 Å². The van der Waals surface area contributed by atoms with Gasteiger partial charge in [0.1, 0.15) is 5.69 Å². The fourth-order valence-electron chi connectivity index (χ4n) is 3.97. The number of ketones is 1. The number of benzene rings is 1. The highest BCUT2D eigenvalue weighted by Gasteiger charge is 2.41. The normalized spacial score (nSPS) is 16.9. The van der Waals surface area contributed by atoms with Gasteiger partial charge in [-0.05, 0) is 30.5 Å². The van der Waals surface area contributed by atoms with E-state index in [-0.39, 0.29) is 25.0 Å². The molecule has 0 bridgehead atoms. The van der Waals surface area contributed by atoms with E-state index < -0.39 is 5.67 Å². The maximum atomic E-state index is 15.2. The van der Waals surface area contributed by atoms with Gasteiger partial charge in [0, 0.05) is 55.8 Å². The number of rotatable bonds is 6. The second-order valence-electron chi connectivity index (χ2n) is 7.92. The fraction of sp³-hybridized carbons (Fsp3) is 0.455. The van der Waals surface area contributed by atoms with Crippen molar-refractivity contribution in [3.63, 3.8) is 0 Å². The van der Waals surface area contributed by atoms with Crippen molar-refractivity contribution in [1.82, 2.24) is 24.9 Å². The Morgan fingerprint density at radius 2 is 2.00 bits per heavy atom. The van der Waals surface area contributed by atoms with E-state index in [0.717, 1.165) is 35.0 Å². The average Bonchev–Trinajstić information content (AvgIpc) is 3.16. The van der Waals surface area contributed by atoms with Crippen molar-refractivity contribution in [3.05, 3.63) is 42.4 Å². The summed E-state index contributed by atoms with van der Waals surface area (Å²) in [5, 5.41) is 10.0. The minimum Gasteiger partial charge on any atom is -0.303 e. The van der Waals surface area contributed by atoms with E-state index in [9.17, 15) is 4.79 Å². The lowest BCUT2D eigenvalue weighted by Crippen LogP contribution is -2.47. The molecule has 2 aromatic heterocycles. The maximum Gasteiger partial charge on any atom is 0.175 e. The topological polar surface area (TPSA) is 63.9 Å². The molecule has 1 saturated heterocycles. The Bertz CT molecular complexity index is 1020. The number of hydrogen-bond donors (Lipinski definition) is 0. The number of aryl methyl sites for hydroxylation is 1. The standard InChI is InChI=1S/C22H26FN5O/c1-3-8-28-9-6-22(23,7-10-28)21(29)13-19-12-18-11-16(4-5-17(18)14-24-19)20-15-27(2)26-25-20/h4-5,11-12,14-15H,3,6-10,13H2,1-2H3. The number of carbonyl (C=O) groups is 1. The third kappa shape index (κ3) is 4.19. The largest absolute Gasteiger partial charge is 0.303 e. The highest BCUT2D eigenvalue weighted by atomic mass is 19.1. The summed E-state index contributed by atoms with van der Waals surface area (Å²) in [6, 6.07) is 7.82. The van der Waals surface area contributed by atoms with Crippen molar-refractivity contribution < 1.29 is 9.18 Å². The molecule has 0 radical (unpaired) electrons. The van der Waals surface area contributed by atoms with Crippen LogP contribution in [0.3, 0.4) is 0 Å². The number of carbonyl (C=O) groups excluding carboxylic acids is 1. The zero-order chi connectivity index (χ0) is 20.4. The number of hydrogen-bond acceptors (Lipinski definition) is 5. The van der Waals surface area contributed by atoms with Crippen LogP contribution in [0.1, 0.15) is 31.9 Å². The Labute approximate surface area is 169 Å². The minimum atomic E-state index is -1.73. The summed E-state index contributed by atoms with van der Waals surface area (Å²) in [4.78, 5) is 19.3. The molecule has 0 saturated carbocycles. The van der Waals surface area contributed by atoms with Crippen molar-refractivity contribution >= 4 is 16.6 Å². The summed E-state index contributed by atoms with van der Waals surface area (Å²) in [5.74, 6) is -0.356. The average molecular weight is 395 g/mol. The zero-order valence-corrected chi connectivity index (χ0v) is 16.9. The molecule has 0 amide bonds. The molecule has 3 heterocycles. The molecule has 0 N–H and O–H groups in total. The van der Waals surface area contributed by atoms with Crippen molar-refractivity contribution in [3.8, 4) is 11.3 Å². The molecule has 1 fully saturated rings. The molecule has 0 unspecified atom stereocenters. The Kier molecular flexibility index (Phi) is 5.41. The van der Waals surface area contributed by atoms with Crippen LogP contribution < -0.4 is 0 Å². The maximum absolute atomic E-state index is 15.2. The van der Waals surface area contributed by atoms with Crippen LogP contribution in [0.15, 0.2) is 36.7 Å². The first-order chi connectivity index (χ1) is 14.0. The summed E-state index contributed by atoms with van der Waals surface area (Å²) in [6.07, 6.45) is 5.21. The SMILES string of the molecule is CCCN1CCC(F)(C(=O)Cc2cc3cc(-c4cn(C)nn4)ccc3cn2)CC1.